The Morgan fingerprint density at radius 3 is 2.47 bits per heavy atom. The van der Waals surface area contributed by atoms with E-state index in [1.807, 2.05) is 6.07 Å². The van der Waals surface area contributed by atoms with Crippen molar-refractivity contribution in [3.63, 3.8) is 0 Å². The standard InChI is InChI=1S/C28H26N2O6/c1-4-14-36-20-9-7-19(8-10-20)26(31)24-25(22-12-11-21(34-2)15-23(22)35-3)30(28(33)27(24)32)17-18-6-5-13-29-16-18/h4-13,15-16,25,31H,1,14,17H2,2-3H3/b26-24+/t25-/m0/s1. The van der Waals surface area contributed by atoms with Crippen LogP contribution in [0, 0.1) is 0 Å². The van der Waals surface area contributed by atoms with Gasteiger partial charge in [0.2, 0.25) is 0 Å². The first-order valence-electron chi connectivity index (χ1n) is 11.2. The molecule has 4 rings (SSSR count). The fourth-order valence-electron chi connectivity index (χ4n) is 4.12. The fraction of sp³-hybridized carbons (Fsp3) is 0.179. The average molecular weight is 487 g/mol. The maximum Gasteiger partial charge on any atom is 0.295 e. The van der Waals surface area contributed by atoms with Gasteiger partial charge in [0.05, 0.1) is 25.8 Å². The number of hydrogen-bond acceptors (Lipinski definition) is 7. The molecule has 1 atom stereocenters. The topological polar surface area (TPSA) is 98.2 Å². The van der Waals surface area contributed by atoms with Crippen LogP contribution in [-0.2, 0) is 16.1 Å². The van der Waals surface area contributed by atoms with Gasteiger partial charge in [-0.2, -0.15) is 0 Å². The highest BCUT2D eigenvalue weighted by atomic mass is 16.5. The van der Waals surface area contributed by atoms with E-state index in [4.69, 9.17) is 14.2 Å². The first-order valence-corrected chi connectivity index (χ1v) is 11.2. The number of benzene rings is 2. The summed E-state index contributed by atoms with van der Waals surface area (Å²) in [5.74, 6) is -0.260. The molecule has 184 valence electrons. The van der Waals surface area contributed by atoms with Crippen LogP contribution in [0.4, 0.5) is 0 Å². The monoisotopic (exact) mass is 486 g/mol. The minimum atomic E-state index is -0.900. The van der Waals surface area contributed by atoms with E-state index >= 15 is 0 Å². The number of aliphatic hydroxyl groups excluding tert-OH is 1. The van der Waals surface area contributed by atoms with Crippen molar-refractivity contribution >= 4 is 17.4 Å². The van der Waals surface area contributed by atoms with Crippen molar-refractivity contribution in [3.8, 4) is 17.2 Å². The molecule has 1 amide bonds. The number of hydrogen-bond donors (Lipinski definition) is 1. The van der Waals surface area contributed by atoms with Crippen LogP contribution in [-0.4, -0.2) is 47.5 Å². The normalized spacial score (nSPS) is 16.6. The molecule has 0 unspecified atom stereocenters. The third-order valence-electron chi connectivity index (χ3n) is 5.85. The molecule has 3 aromatic rings. The van der Waals surface area contributed by atoms with E-state index in [2.05, 4.69) is 11.6 Å². The number of likely N-dealkylation sites (tertiary alicyclic amines) is 1. The van der Waals surface area contributed by atoms with Crippen LogP contribution in [0.15, 0.2) is 85.2 Å². The lowest BCUT2D eigenvalue weighted by Crippen LogP contribution is -2.29. The predicted octanol–water partition coefficient (Wildman–Crippen LogP) is 4.29. The van der Waals surface area contributed by atoms with E-state index in [1.165, 1.54) is 19.1 Å². The van der Waals surface area contributed by atoms with Crippen LogP contribution in [0.1, 0.15) is 22.7 Å². The average Bonchev–Trinajstić information content (AvgIpc) is 3.16. The Labute approximate surface area is 209 Å². The molecule has 1 aromatic heterocycles. The van der Waals surface area contributed by atoms with Crippen molar-refractivity contribution in [2.75, 3.05) is 20.8 Å². The highest BCUT2D eigenvalue weighted by Gasteiger charge is 2.47. The third-order valence-corrected chi connectivity index (χ3v) is 5.85. The molecule has 2 aromatic carbocycles. The zero-order valence-corrected chi connectivity index (χ0v) is 20.0. The second-order valence-electron chi connectivity index (χ2n) is 8.02. The largest absolute Gasteiger partial charge is 0.507 e. The van der Waals surface area contributed by atoms with Crippen LogP contribution in [0.25, 0.3) is 5.76 Å². The Morgan fingerprint density at radius 2 is 1.83 bits per heavy atom. The maximum absolute atomic E-state index is 13.3. The number of aliphatic hydroxyl groups is 1. The smallest absolute Gasteiger partial charge is 0.295 e. The molecule has 0 saturated carbocycles. The van der Waals surface area contributed by atoms with Gasteiger partial charge in [-0.05, 0) is 48.0 Å². The summed E-state index contributed by atoms with van der Waals surface area (Å²) in [5.41, 5.74) is 1.61. The number of rotatable bonds is 9. The second-order valence-corrected chi connectivity index (χ2v) is 8.02. The van der Waals surface area contributed by atoms with E-state index in [0.717, 1.165) is 5.56 Å². The van der Waals surface area contributed by atoms with Crippen LogP contribution >= 0.6 is 0 Å². The Kier molecular flexibility index (Phi) is 7.34. The number of ether oxygens (including phenoxy) is 3. The van der Waals surface area contributed by atoms with Crippen LogP contribution in [0.2, 0.25) is 0 Å². The Morgan fingerprint density at radius 1 is 1.08 bits per heavy atom. The Balaban J connectivity index is 1.85. The SMILES string of the molecule is C=CCOc1ccc(/C(O)=C2\C(=O)C(=O)N(Cc3cccnc3)[C@H]2c2ccc(OC)cc2OC)cc1. The Hall–Kier alpha value is -4.59. The summed E-state index contributed by atoms with van der Waals surface area (Å²) in [5, 5.41) is 11.3. The molecule has 1 fully saturated rings. The summed E-state index contributed by atoms with van der Waals surface area (Å²) in [6.45, 7) is 4.07. The number of carbonyl (C=O) groups is 2. The summed E-state index contributed by atoms with van der Waals surface area (Å²) in [4.78, 5) is 32.1. The van der Waals surface area contributed by atoms with Gasteiger partial charge in [-0.3, -0.25) is 14.6 Å². The van der Waals surface area contributed by atoms with Crippen LogP contribution in [0.5, 0.6) is 17.2 Å². The Bertz CT molecular complexity index is 1300. The lowest BCUT2D eigenvalue weighted by Gasteiger charge is -2.26. The molecule has 0 bridgehead atoms. The van der Waals surface area contributed by atoms with E-state index in [0.29, 0.717) is 35.0 Å². The van der Waals surface area contributed by atoms with E-state index in [9.17, 15) is 14.7 Å². The summed E-state index contributed by atoms with van der Waals surface area (Å²) < 4.78 is 16.4. The lowest BCUT2D eigenvalue weighted by atomic mass is 9.94. The number of carbonyl (C=O) groups excluding carboxylic acids is 2. The molecule has 0 aliphatic carbocycles. The number of ketones is 1. The zero-order chi connectivity index (χ0) is 25.7. The minimum absolute atomic E-state index is 0.0351. The molecular formula is C28H26N2O6. The lowest BCUT2D eigenvalue weighted by molar-refractivity contribution is -0.140. The molecule has 2 heterocycles. The van der Waals surface area contributed by atoms with Gasteiger partial charge < -0.3 is 24.2 Å². The predicted molar refractivity (Wildman–Crippen MR) is 134 cm³/mol. The van der Waals surface area contributed by atoms with Gasteiger partial charge >= 0.3 is 0 Å². The van der Waals surface area contributed by atoms with Crippen LogP contribution in [0.3, 0.4) is 0 Å². The van der Waals surface area contributed by atoms with Gasteiger partial charge in [0.25, 0.3) is 11.7 Å². The fourth-order valence-corrected chi connectivity index (χ4v) is 4.12. The maximum atomic E-state index is 13.3. The van der Waals surface area contributed by atoms with E-state index in [-0.39, 0.29) is 17.9 Å². The molecule has 36 heavy (non-hydrogen) atoms. The zero-order valence-electron chi connectivity index (χ0n) is 20.0. The number of methoxy groups -OCH3 is 2. The molecule has 1 saturated heterocycles. The molecule has 1 aliphatic heterocycles. The summed E-state index contributed by atoms with van der Waals surface area (Å²) in [6.07, 6.45) is 4.88. The highest BCUT2D eigenvalue weighted by Crippen LogP contribution is 2.44. The molecule has 1 N–H and O–H groups in total. The van der Waals surface area contributed by atoms with Crippen molar-refractivity contribution in [2.45, 2.75) is 12.6 Å². The molecule has 8 nitrogen and oxygen atoms in total. The number of aromatic nitrogens is 1. The number of amides is 1. The number of pyridine rings is 1. The van der Waals surface area contributed by atoms with Crippen molar-refractivity contribution in [1.29, 1.82) is 0 Å². The first kappa shape index (κ1) is 24.5. The van der Waals surface area contributed by atoms with Gasteiger partial charge in [0, 0.05) is 36.1 Å². The quantitative estimate of drug-likeness (QED) is 0.209. The number of Topliss-reactive ketones (excluding diaryl/α,β-unsaturated/α-hetero) is 1. The molecule has 1 aliphatic rings. The van der Waals surface area contributed by atoms with Gasteiger partial charge in [-0.15, -0.1) is 0 Å². The summed E-state index contributed by atoms with van der Waals surface area (Å²) in [7, 11) is 3.03. The second kappa shape index (κ2) is 10.8. The number of nitrogens with zero attached hydrogens (tertiary/aromatic N) is 2. The van der Waals surface area contributed by atoms with Gasteiger partial charge in [0.15, 0.2) is 0 Å². The third kappa shape index (κ3) is 4.79. The summed E-state index contributed by atoms with van der Waals surface area (Å²) in [6, 6.07) is 14.4. The highest BCUT2D eigenvalue weighted by molar-refractivity contribution is 6.46. The molecular weight excluding hydrogens is 460 g/mol. The van der Waals surface area contributed by atoms with E-state index < -0.39 is 17.7 Å². The summed E-state index contributed by atoms with van der Waals surface area (Å²) >= 11 is 0. The minimum Gasteiger partial charge on any atom is -0.507 e. The first-order chi connectivity index (χ1) is 17.5. The van der Waals surface area contributed by atoms with E-state index in [1.54, 1.807) is 67.0 Å². The molecule has 0 spiro atoms. The van der Waals surface area contributed by atoms with Gasteiger partial charge in [0.1, 0.15) is 29.6 Å². The van der Waals surface area contributed by atoms with Crippen molar-refractivity contribution in [3.05, 3.63) is 102 Å². The van der Waals surface area contributed by atoms with Crippen molar-refractivity contribution in [2.24, 2.45) is 0 Å². The molecule has 8 heteroatoms. The molecule has 0 radical (unpaired) electrons. The van der Waals surface area contributed by atoms with Crippen LogP contribution < -0.4 is 14.2 Å². The van der Waals surface area contributed by atoms with Crippen molar-refractivity contribution < 1.29 is 28.9 Å². The van der Waals surface area contributed by atoms with Gasteiger partial charge in [-0.25, -0.2) is 0 Å². The van der Waals surface area contributed by atoms with Gasteiger partial charge in [-0.1, -0.05) is 18.7 Å². The van der Waals surface area contributed by atoms with Crippen molar-refractivity contribution in [1.82, 2.24) is 9.88 Å².